The second-order valence-electron chi connectivity index (χ2n) is 10.0. The molecule has 190 valence electrons. The molecule has 0 aromatic heterocycles. The first-order valence-corrected chi connectivity index (χ1v) is 13.4. The minimum absolute atomic E-state index is 0.0545. The van der Waals surface area contributed by atoms with Crippen LogP contribution in [0.3, 0.4) is 0 Å². The minimum Gasteiger partial charge on any atom is -0.352 e. The smallest absolute Gasteiger partial charge is 0.251 e. The normalized spacial score (nSPS) is 15.7. The van der Waals surface area contributed by atoms with Gasteiger partial charge in [-0.2, -0.15) is 0 Å². The maximum absolute atomic E-state index is 13.0. The number of nitrogens with one attached hydrogen (secondary N) is 1. The molecule has 1 N–H and O–H groups in total. The Morgan fingerprint density at radius 3 is 2.34 bits per heavy atom. The van der Waals surface area contributed by atoms with Gasteiger partial charge < -0.3 is 10.2 Å². The van der Waals surface area contributed by atoms with Gasteiger partial charge in [0, 0.05) is 49.4 Å². The molecule has 0 atom stereocenters. The fourth-order valence-electron chi connectivity index (χ4n) is 4.77. The third-order valence-corrected chi connectivity index (χ3v) is 6.75. The first-order valence-electron chi connectivity index (χ1n) is 13.0. The Hall–Kier alpha value is -2.37. The van der Waals surface area contributed by atoms with E-state index in [9.17, 15) is 9.59 Å². The van der Waals surface area contributed by atoms with Crippen molar-refractivity contribution in [3.05, 3.63) is 64.2 Å². The molecule has 2 aromatic rings. The molecule has 5 nitrogen and oxygen atoms in total. The number of carbonyl (C=O) groups is 2. The first kappa shape index (κ1) is 27.2. The van der Waals surface area contributed by atoms with Gasteiger partial charge in [-0.25, -0.2) is 0 Å². The van der Waals surface area contributed by atoms with Crippen LogP contribution in [0.4, 0.5) is 5.69 Å². The number of anilines is 1. The topological polar surface area (TPSA) is 52.7 Å². The summed E-state index contributed by atoms with van der Waals surface area (Å²) in [5.41, 5.74) is 3.75. The number of nitrogens with zero attached hydrogens (tertiary/aromatic N) is 2. The third-order valence-electron chi connectivity index (χ3n) is 6.50. The van der Waals surface area contributed by atoms with Crippen LogP contribution in [0.25, 0.3) is 0 Å². The summed E-state index contributed by atoms with van der Waals surface area (Å²) in [6.45, 7) is 10.2. The molecule has 2 amide bonds. The van der Waals surface area contributed by atoms with Crippen molar-refractivity contribution < 1.29 is 9.59 Å². The van der Waals surface area contributed by atoms with E-state index in [1.807, 2.05) is 47.4 Å². The second-order valence-corrected chi connectivity index (χ2v) is 10.5. The van der Waals surface area contributed by atoms with E-state index < -0.39 is 0 Å². The van der Waals surface area contributed by atoms with Crippen molar-refractivity contribution in [2.45, 2.75) is 65.8 Å². The average Bonchev–Trinajstić information content (AvgIpc) is 2.80. The van der Waals surface area contributed by atoms with Crippen LogP contribution in [0.5, 0.6) is 0 Å². The van der Waals surface area contributed by atoms with Crippen LogP contribution in [0.15, 0.2) is 42.5 Å². The molecule has 0 radical (unpaired) electrons. The van der Waals surface area contributed by atoms with E-state index in [1.54, 1.807) is 6.92 Å². The van der Waals surface area contributed by atoms with Gasteiger partial charge in [-0.05, 0) is 73.2 Å². The summed E-state index contributed by atoms with van der Waals surface area (Å²) in [6, 6.07) is 13.5. The number of fused-ring (bicyclic) bond motifs is 1. The number of benzene rings is 2. The molecule has 1 aliphatic heterocycles. The van der Waals surface area contributed by atoms with Crippen molar-refractivity contribution >= 4 is 29.1 Å². The molecule has 0 unspecified atom stereocenters. The quantitative estimate of drug-likeness (QED) is 0.525. The van der Waals surface area contributed by atoms with E-state index in [1.165, 1.54) is 19.3 Å². The van der Waals surface area contributed by atoms with E-state index >= 15 is 0 Å². The summed E-state index contributed by atoms with van der Waals surface area (Å²) >= 11 is 5.96. The van der Waals surface area contributed by atoms with Crippen LogP contribution in [-0.4, -0.2) is 42.9 Å². The van der Waals surface area contributed by atoms with Crippen LogP contribution in [-0.2, 0) is 17.8 Å². The molecular weight excluding hydrogens is 458 g/mol. The third kappa shape index (κ3) is 8.66. The Balaban J connectivity index is 1.81. The predicted octanol–water partition coefficient (Wildman–Crippen LogP) is 6.09. The number of carbonyl (C=O) groups excluding carboxylic acids is 2. The highest BCUT2D eigenvalue weighted by atomic mass is 35.5. The van der Waals surface area contributed by atoms with Crippen molar-refractivity contribution in [2.24, 2.45) is 5.92 Å². The molecule has 0 saturated heterocycles. The molecule has 1 aliphatic rings. The highest BCUT2D eigenvalue weighted by Crippen LogP contribution is 2.26. The fourth-order valence-corrected chi connectivity index (χ4v) is 4.89. The molecule has 0 saturated carbocycles. The molecule has 1 heterocycles. The van der Waals surface area contributed by atoms with Gasteiger partial charge in [0.25, 0.3) is 5.91 Å². The number of hydrogen-bond acceptors (Lipinski definition) is 3. The summed E-state index contributed by atoms with van der Waals surface area (Å²) in [7, 11) is 0. The van der Waals surface area contributed by atoms with E-state index in [2.05, 4.69) is 24.1 Å². The summed E-state index contributed by atoms with van der Waals surface area (Å²) in [4.78, 5) is 30.0. The first-order chi connectivity index (χ1) is 16.8. The average molecular weight is 498 g/mol. The van der Waals surface area contributed by atoms with Gasteiger partial charge in [0.15, 0.2) is 0 Å². The van der Waals surface area contributed by atoms with Gasteiger partial charge in [0.1, 0.15) is 0 Å². The lowest BCUT2D eigenvalue weighted by Crippen LogP contribution is -2.34. The lowest BCUT2D eigenvalue weighted by atomic mass is 10.0. The van der Waals surface area contributed by atoms with E-state index in [0.717, 1.165) is 62.3 Å². The van der Waals surface area contributed by atoms with E-state index in [-0.39, 0.29) is 11.8 Å². The van der Waals surface area contributed by atoms with Crippen molar-refractivity contribution in [1.82, 2.24) is 10.2 Å². The van der Waals surface area contributed by atoms with Crippen molar-refractivity contribution in [2.75, 3.05) is 31.1 Å². The van der Waals surface area contributed by atoms with E-state index in [0.29, 0.717) is 23.0 Å². The highest BCUT2D eigenvalue weighted by molar-refractivity contribution is 6.30. The van der Waals surface area contributed by atoms with Gasteiger partial charge in [-0.3, -0.25) is 14.5 Å². The molecule has 6 heteroatoms. The molecule has 3 rings (SSSR count). The molecule has 0 spiro atoms. The maximum Gasteiger partial charge on any atom is 0.251 e. The van der Waals surface area contributed by atoms with Crippen LogP contribution in [0, 0.1) is 5.92 Å². The lowest BCUT2D eigenvalue weighted by molar-refractivity contribution is -0.116. The van der Waals surface area contributed by atoms with Gasteiger partial charge in [-0.15, -0.1) is 0 Å². The Labute approximate surface area is 215 Å². The fraction of sp³-hybridized carbons (Fsp3) is 0.517. The van der Waals surface area contributed by atoms with Crippen LogP contribution in [0.1, 0.15) is 74.4 Å². The molecule has 2 aromatic carbocycles. The molecular formula is C29H40ClN3O2. The minimum atomic E-state index is -0.0855. The molecule has 0 bridgehead atoms. The van der Waals surface area contributed by atoms with Crippen molar-refractivity contribution in [3.63, 3.8) is 0 Å². The Morgan fingerprint density at radius 2 is 1.66 bits per heavy atom. The van der Waals surface area contributed by atoms with Gasteiger partial charge >= 0.3 is 0 Å². The second kappa shape index (κ2) is 13.6. The predicted molar refractivity (Wildman–Crippen MR) is 145 cm³/mol. The number of amides is 2. The molecule has 35 heavy (non-hydrogen) atoms. The summed E-state index contributed by atoms with van der Waals surface area (Å²) in [6.07, 6.45) is 6.50. The van der Waals surface area contributed by atoms with Crippen molar-refractivity contribution in [1.29, 1.82) is 0 Å². The Morgan fingerprint density at radius 1 is 0.971 bits per heavy atom. The van der Waals surface area contributed by atoms with Crippen LogP contribution >= 0.6 is 11.6 Å². The number of halogens is 1. The van der Waals surface area contributed by atoms with Crippen LogP contribution < -0.4 is 10.2 Å². The Bertz CT molecular complexity index is 974. The van der Waals surface area contributed by atoms with E-state index in [4.69, 9.17) is 11.6 Å². The zero-order chi connectivity index (χ0) is 25.2. The van der Waals surface area contributed by atoms with Crippen LogP contribution in [0.2, 0.25) is 5.02 Å². The molecule has 0 aliphatic carbocycles. The SMILES string of the molecule is CC(=O)N1CCCCCCCN(CC(C)C)Cc2cc(C(=O)NCCc3ccc(Cl)cc3)ccc21. The van der Waals surface area contributed by atoms with Crippen molar-refractivity contribution in [3.8, 4) is 0 Å². The summed E-state index contributed by atoms with van der Waals surface area (Å²) < 4.78 is 0. The lowest BCUT2D eigenvalue weighted by Gasteiger charge is -2.30. The van der Waals surface area contributed by atoms with Gasteiger partial charge in [0.2, 0.25) is 5.91 Å². The zero-order valence-corrected chi connectivity index (χ0v) is 22.2. The highest BCUT2D eigenvalue weighted by Gasteiger charge is 2.20. The largest absolute Gasteiger partial charge is 0.352 e. The number of rotatable bonds is 6. The zero-order valence-electron chi connectivity index (χ0n) is 21.5. The number of hydrogen-bond donors (Lipinski definition) is 1. The summed E-state index contributed by atoms with van der Waals surface area (Å²) in [5, 5.41) is 3.76. The maximum atomic E-state index is 13.0. The summed E-state index contributed by atoms with van der Waals surface area (Å²) in [5.74, 6) is 0.520. The van der Waals surface area contributed by atoms with Gasteiger partial charge in [0.05, 0.1) is 0 Å². The Kier molecular flexibility index (Phi) is 10.6. The van der Waals surface area contributed by atoms with Gasteiger partial charge in [-0.1, -0.05) is 56.8 Å². The monoisotopic (exact) mass is 497 g/mol. The standard InChI is InChI=1S/C29H40ClN3O2/c1-22(2)20-32-17-7-5-4-6-8-18-33(23(3)34)28-14-11-25(19-26(28)21-32)29(35)31-16-15-24-9-12-27(30)13-10-24/h9-14,19,22H,4-8,15-18,20-21H2,1-3H3,(H,31,35). The molecule has 0 fully saturated rings.